The second kappa shape index (κ2) is 4.49. The third-order valence-electron chi connectivity index (χ3n) is 1.69. The summed E-state index contributed by atoms with van der Waals surface area (Å²) in [6, 6.07) is -0.699. The second-order valence-corrected chi connectivity index (χ2v) is 2.96. The van der Waals surface area contributed by atoms with E-state index in [1.54, 1.807) is 6.92 Å². The average Bonchev–Trinajstić information content (AvgIpc) is 2.02. The van der Waals surface area contributed by atoms with Crippen LogP contribution in [0.4, 0.5) is 4.79 Å². The topological polar surface area (TPSA) is 75.4 Å². The van der Waals surface area contributed by atoms with Crippen molar-refractivity contribution in [3.8, 4) is 0 Å². The monoisotopic (exact) mass is 185 g/mol. The third kappa shape index (κ3) is 3.59. The molecule has 0 aliphatic carbocycles. The summed E-state index contributed by atoms with van der Waals surface area (Å²) in [6.45, 7) is 5.32. The molecule has 3 N–H and O–H groups in total. The first kappa shape index (κ1) is 11.5. The van der Waals surface area contributed by atoms with Crippen molar-refractivity contribution in [1.82, 2.24) is 10.4 Å². The summed E-state index contributed by atoms with van der Waals surface area (Å²) >= 11 is 0. The van der Waals surface area contributed by atoms with Crippen LogP contribution in [-0.2, 0) is 4.79 Å². The van der Waals surface area contributed by atoms with E-state index in [0.717, 1.165) is 10.6 Å². The molecule has 0 rings (SSSR count). The van der Waals surface area contributed by atoms with Crippen LogP contribution >= 0.6 is 0 Å². The SMILES string of the molecule is CC(C)=C(C)C(=O)NN(C)C(N)=O. The summed E-state index contributed by atoms with van der Waals surface area (Å²) in [4.78, 5) is 21.8. The lowest BCUT2D eigenvalue weighted by Crippen LogP contribution is -2.46. The van der Waals surface area contributed by atoms with Crippen LogP contribution < -0.4 is 11.2 Å². The number of allylic oxidation sites excluding steroid dienone is 1. The molecular weight excluding hydrogens is 170 g/mol. The van der Waals surface area contributed by atoms with Gasteiger partial charge in [-0.3, -0.25) is 10.2 Å². The molecule has 0 aliphatic heterocycles. The molecule has 13 heavy (non-hydrogen) atoms. The molecule has 0 heterocycles. The van der Waals surface area contributed by atoms with Crippen LogP contribution in [0.25, 0.3) is 0 Å². The van der Waals surface area contributed by atoms with Crippen molar-refractivity contribution in [2.24, 2.45) is 5.73 Å². The molecule has 5 nitrogen and oxygen atoms in total. The maximum Gasteiger partial charge on any atom is 0.333 e. The van der Waals surface area contributed by atoms with Gasteiger partial charge in [0.15, 0.2) is 0 Å². The Bertz CT molecular complexity index is 254. The zero-order valence-corrected chi connectivity index (χ0v) is 8.34. The minimum absolute atomic E-state index is 0.318. The predicted molar refractivity (Wildman–Crippen MR) is 49.5 cm³/mol. The van der Waals surface area contributed by atoms with E-state index in [9.17, 15) is 9.59 Å². The number of hydrazine groups is 1. The Morgan fingerprint density at radius 1 is 1.23 bits per heavy atom. The van der Waals surface area contributed by atoms with Gasteiger partial charge in [0.05, 0.1) is 0 Å². The van der Waals surface area contributed by atoms with Crippen LogP contribution in [0, 0.1) is 0 Å². The standard InChI is InChI=1S/C8H15N3O2/c1-5(2)6(3)7(12)10-11(4)8(9)13/h1-4H3,(H2,9,13)(H,10,12). The van der Waals surface area contributed by atoms with E-state index in [-0.39, 0.29) is 5.91 Å². The number of nitrogens with two attached hydrogens (primary N) is 1. The van der Waals surface area contributed by atoms with Crippen LogP contribution in [0.2, 0.25) is 0 Å². The van der Waals surface area contributed by atoms with Crippen molar-refractivity contribution >= 4 is 11.9 Å². The van der Waals surface area contributed by atoms with E-state index in [1.807, 2.05) is 13.8 Å². The van der Waals surface area contributed by atoms with Crippen molar-refractivity contribution in [2.45, 2.75) is 20.8 Å². The van der Waals surface area contributed by atoms with Gasteiger partial charge < -0.3 is 5.73 Å². The quantitative estimate of drug-likeness (QED) is 0.458. The first-order chi connectivity index (χ1) is 5.86. The molecule has 0 aliphatic rings. The smallest absolute Gasteiger partial charge is 0.333 e. The van der Waals surface area contributed by atoms with E-state index >= 15 is 0 Å². The summed E-state index contributed by atoms with van der Waals surface area (Å²) in [5.74, 6) is -0.318. The fourth-order valence-corrected chi connectivity index (χ4v) is 0.518. The minimum atomic E-state index is -0.699. The molecule has 0 atom stereocenters. The Hall–Kier alpha value is -1.52. The van der Waals surface area contributed by atoms with Crippen LogP contribution in [0.1, 0.15) is 20.8 Å². The normalized spacial score (nSPS) is 8.92. The number of carbonyl (C=O) groups is 2. The minimum Gasteiger partial charge on any atom is -0.350 e. The van der Waals surface area contributed by atoms with Gasteiger partial charge >= 0.3 is 6.03 Å². The van der Waals surface area contributed by atoms with E-state index in [4.69, 9.17) is 5.73 Å². The van der Waals surface area contributed by atoms with Crippen molar-refractivity contribution in [3.05, 3.63) is 11.1 Å². The second-order valence-electron chi connectivity index (χ2n) is 2.96. The van der Waals surface area contributed by atoms with Crippen LogP contribution in [0.5, 0.6) is 0 Å². The van der Waals surface area contributed by atoms with Gasteiger partial charge in [-0.1, -0.05) is 5.57 Å². The lowest BCUT2D eigenvalue weighted by Gasteiger charge is -2.15. The van der Waals surface area contributed by atoms with E-state index in [0.29, 0.717) is 5.57 Å². The molecule has 0 saturated carbocycles. The van der Waals surface area contributed by atoms with Gasteiger partial charge in [-0.05, 0) is 20.8 Å². The summed E-state index contributed by atoms with van der Waals surface area (Å²) in [5, 5.41) is 0.939. The number of hydrogen-bond donors (Lipinski definition) is 2. The molecule has 0 radical (unpaired) electrons. The Labute approximate surface area is 77.5 Å². The maximum atomic E-state index is 11.3. The summed E-state index contributed by atoms with van der Waals surface area (Å²) in [6.07, 6.45) is 0. The van der Waals surface area contributed by atoms with E-state index < -0.39 is 6.03 Å². The Morgan fingerprint density at radius 2 is 1.69 bits per heavy atom. The number of primary amides is 1. The number of nitrogens with one attached hydrogen (secondary N) is 1. The third-order valence-corrected chi connectivity index (χ3v) is 1.69. The van der Waals surface area contributed by atoms with Crippen molar-refractivity contribution in [1.29, 1.82) is 0 Å². The molecule has 0 spiro atoms. The highest BCUT2D eigenvalue weighted by Crippen LogP contribution is 2.01. The van der Waals surface area contributed by atoms with Gasteiger partial charge in [-0.15, -0.1) is 0 Å². The first-order valence-corrected chi connectivity index (χ1v) is 3.84. The molecule has 74 valence electrons. The van der Waals surface area contributed by atoms with Crippen molar-refractivity contribution < 1.29 is 9.59 Å². The number of amides is 3. The molecule has 0 aromatic rings. The van der Waals surface area contributed by atoms with Gasteiger partial charge in [-0.25, -0.2) is 9.80 Å². The van der Waals surface area contributed by atoms with Crippen LogP contribution in [-0.4, -0.2) is 24.0 Å². The zero-order valence-electron chi connectivity index (χ0n) is 8.34. The first-order valence-electron chi connectivity index (χ1n) is 3.84. The lowest BCUT2D eigenvalue weighted by molar-refractivity contribution is -0.120. The van der Waals surface area contributed by atoms with Crippen LogP contribution in [0.15, 0.2) is 11.1 Å². The molecule has 0 aromatic carbocycles. The number of hydrogen-bond acceptors (Lipinski definition) is 2. The molecule has 0 saturated heterocycles. The zero-order chi connectivity index (χ0) is 10.6. The maximum absolute atomic E-state index is 11.3. The fraction of sp³-hybridized carbons (Fsp3) is 0.500. The fourth-order valence-electron chi connectivity index (χ4n) is 0.518. The highest BCUT2D eigenvalue weighted by molar-refractivity contribution is 5.94. The lowest BCUT2D eigenvalue weighted by atomic mass is 10.2. The largest absolute Gasteiger partial charge is 0.350 e. The van der Waals surface area contributed by atoms with Crippen molar-refractivity contribution in [3.63, 3.8) is 0 Å². The molecule has 0 fully saturated rings. The molecule has 5 heteroatoms. The number of carbonyl (C=O) groups excluding carboxylic acids is 2. The highest BCUT2D eigenvalue weighted by atomic mass is 16.2. The van der Waals surface area contributed by atoms with E-state index in [1.165, 1.54) is 7.05 Å². The van der Waals surface area contributed by atoms with Crippen LogP contribution in [0.3, 0.4) is 0 Å². The predicted octanol–water partition coefficient (Wildman–Crippen LogP) is 0.384. The van der Waals surface area contributed by atoms with Gasteiger partial charge in [0, 0.05) is 12.6 Å². The molecule has 0 aromatic heterocycles. The summed E-state index contributed by atoms with van der Waals surface area (Å²) in [5.41, 5.74) is 8.71. The summed E-state index contributed by atoms with van der Waals surface area (Å²) in [7, 11) is 1.39. The number of rotatable bonds is 1. The number of urea groups is 1. The Kier molecular flexibility index (Phi) is 3.97. The average molecular weight is 185 g/mol. The van der Waals surface area contributed by atoms with Gasteiger partial charge in [0.1, 0.15) is 0 Å². The van der Waals surface area contributed by atoms with E-state index in [2.05, 4.69) is 5.43 Å². The van der Waals surface area contributed by atoms with Crippen molar-refractivity contribution in [2.75, 3.05) is 7.05 Å². The Morgan fingerprint density at radius 3 is 2.00 bits per heavy atom. The van der Waals surface area contributed by atoms with Gasteiger partial charge in [0.25, 0.3) is 5.91 Å². The highest BCUT2D eigenvalue weighted by Gasteiger charge is 2.09. The van der Waals surface area contributed by atoms with Gasteiger partial charge in [0.2, 0.25) is 0 Å². The number of nitrogens with zero attached hydrogens (tertiary/aromatic N) is 1. The molecular formula is C8H15N3O2. The molecule has 0 unspecified atom stereocenters. The Balaban J connectivity index is 4.33. The van der Waals surface area contributed by atoms with Gasteiger partial charge in [-0.2, -0.15) is 0 Å². The summed E-state index contributed by atoms with van der Waals surface area (Å²) < 4.78 is 0. The molecule has 0 bridgehead atoms. The molecule has 3 amide bonds.